The molecule has 0 aromatic heterocycles. The molecule has 0 spiro atoms. The Bertz CT molecular complexity index is 902. The third kappa shape index (κ3) is 5.96. The number of amides is 1. The minimum atomic E-state index is -4.47. The zero-order valence-electron chi connectivity index (χ0n) is 18.4. The maximum atomic E-state index is 13.4. The highest BCUT2D eigenvalue weighted by molar-refractivity contribution is 5.80. The first-order valence-electron chi connectivity index (χ1n) is 11.0. The van der Waals surface area contributed by atoms with Crippen LogP contribution in [0.3, 0.4) is 0 Å². The Morgan fingerprint density at radius 3 is 2.61 bits per heavy atom. The van der Waals surface area contributed by atoms with Crippen LogP contribution in [0.4, 0.5) is 18.0 Å². The number of carboxylic acid groups (broad SMARTS) is 1. The fraction of sp³-hybridized carbons (Fsp3) is 0.609. The van der Waals surface area contributed by atoms with Crippen molar-refractivity contribution >= 4 is 12.1 Å². The molecule has 3 unspecified atom stereocenters. The Morgan fingerprint density at radius 1 is 1.24 bits per heavy atom. The number of aliphatic carboxylic acids is 1. The van der Waals surface area contributed by atoms with Crippen molar-refractivity contribution in [3.8, 4) is 6.07 Å². The molecular weight excluding hydrogens is 439 g/mol. The van der Waals surface area contributed by atoms with Gasteiger partial charge in [0.2, 0.25) is 0 Å². The Hall–Kier alpha value is -2.80. The number of carboxylic acids is 1. The lowest BCUT2D eigenvalue weighted by molar-refractivity contribution is -0.146. The highest BCUT2D eigenvalue weighted by atomic mass is 19.4. The largest absolute Gasteiger partial charge is 0.480 e. The highest BCUT2D eigenvalue weighted by Crippen LogP contribution is 2.42. The van der Waals surface area contributed by atoms with Gasteiger partial charge in [0.15, 0.2) is 0 Å². The van der Waals surface area contributed by atoms with Crippen molar-refractivity contribution in [1.82, 2.24) is 9.80 Å². The van der Waals surface area contributed by atoms with Crippen molar-refractivity contribution in [3.05, 3.63) is 35.4 Å². The van der Waals surface area contributed by atoms with Crippen LogP contribution in [0.5, 0.6) is 0 Å². The van der Waals surface area contributed by atoms with E-state index < -0.39 is 29.8 Å². The average molecular weight is 467 g/mol. The summed E-state index contributed by atoms with van der Waals surface area (Å²) in [5.41, 5.74) is -0.567. The molecule has 1 heterocycles. The predicted molar refractivity (Wildman–Crippen MR) is 112 cm³/mol. The van der Waals surface area contributed by atoms with Crippen molar-refractivity contribution in [1.29, 1.82) is 5.26 Å². The van der Waals surface area contributed by atoms with E-state index in [1.165, 1.54) is 24.1 Å². The topological polar surface area (TPSA) is 93.9 Å². The molecule has 180 valence electrons. The van der Waals surface area contributed by atoms with Crippen LogP contribution in [-0.2, 0) is 22.3 Å². The molecule has 1 amide bonds. The van der Waals surface area contributed by atoms with E-state index in [1.54, 1.807) is 11.0 Å². The number of nitriles is 1. The normalized spacial score (nSPS) is 25.3. The van der Waals surface area contributed by atoms with Crippen LogP contribution in [-0.4, -0.2) is 59.8 Å². The summed E-state index contributed by atoms with van der Waals surface area (Å²) in [5, 5.41) is 18.8. The number of halogens is 3. The number of carbonyl (C=O) groups excluding carboxylic acids is 1. The zero-order valence-corrected chi connectivity index (χ0v) is 18.4. The van der Waals surface area contributed by atoms with Gasteiger partial charge in [-0.15, -0.1) is 0 Å². The van der Waals surface area contributed by atoms with Crippen molar-refractivity contribution in [3.63, 3.8) is 0 Å². The molecule has 1 aromatic rings. The molecule has 0 radical (unpaired) electrons. The fourth-order valence-corrected chi connectivity index (χ4v) is 5.29. The second kappa shape index (κ2) is 10.4. The minimum Gasteiger partial charge on any atom is -0.480 e. The molecule has 2 fully saturated rings. The van der Waals surface area contributed by atoms with Crippen molar-refractivity contribution in [2.45, 2.75) is 44.4 Å². The van der Waals surface area contributed by atoms with E-state index in [0.29, 0.717) is 25.9 Å². The SMILES string of the molecule is COC(=O)N1C[C@@H]2CCC(CN(CC#N)Cc3ccccc3C(F)(F)F)CC2CC1C(=O)O. The summed E-state index contributed by atoms with van der Waals surface area (Å²) in [7, 11) is 1.23. The molecule has 1 N–H and O–H groups in total. The molecule has 4 atom stereocenters. The number of benzene rings is 1. The zero-order chi connectivity index (χ0) is 24.2. The summed E-state index contributed by atoms with van der Waals surface area (Å²) in [6, 6.07) is 6.48. The fourth-order valence-electron chi connectivity index (χ4n) is 5.29. The molecule has 0 bridgehead atoms. The van der Waals surface area contributed by atoms with Crippen LogP contribution in [0, 0.1) is 29.1 Å². The van der Waals surface area contributed by atoms with Crippen LogP contribution >= 0.6 is 0 Å². The summed E-state index contributed by atoms with van der Waals surface area (Å²) in [5.74, 6) is -0.684. The van der Waals surface area contributed by atoms with E-state index in [1.807, 2.05) is 6.07 Å². The van der Waals surface area contributed by atoms with Crippen LogP contribution < -0.4 is 0 Å². The quantitative estimate of drug-likeness (QED) is 0.636. The number of ether oxygens (including phenoxy) is 1. The summed E-state index contributed by atoms with van der Waals surface area (Å²) in [6.45, 7) is 0.801. The first kappa shape index (κ1) is 24.8. The Balaban J connectivity index is 1.68. The lowest BCUT2D eigenvalue weighted by Gasteiger charge is -2.46. The van der Waals surface area contributed by atoms with Crippen LogP contribution in [0.15, 0.2) is 24.3 Å². The molecule has 1 saturated carbocycles. The maximum absolute atomic E-state index is 13.4. The predicted octanol–water partition coefficient (Wildman–Crippen LogP) is 3.99. The Kier molecular flexibility index (Phi) is 7.84. The number of likely N-dealkylation sites (tertiary alicyclic amines) is 1. The van der Waals surface area contributed by atoms with Gasteiger partial charge in [-0.3, -0.25) is 9.80 Å². The van der Waals surface area contributed by atoms with E-state index >= 15 is 0 Å². The summed E-state index contributed by atoms with van der Waals surface area (Å²) in [6.07, 6.45) is -2.49. The lowest BCUT2D eigenvalue weighted by Crippen LogP contribution is -2.54. The monoisotopic (exact) mass is 467 g/mol. The minimum absolute atomic E-state index is 0.00462. The number of nitrogens with zero attached hydrogens (tertiary/aromatic N) is 3. The Labute approximate surface area is 190 Å². The molecule has 1 aliphatic carbocycles. The van der Waals surface area contributed by atoms with Crippen LogP contribution in [0.1, 0.15) is 36.8 Å². The molecule has 1 aliphatic heterocycles. The van der Waals surface area contributed by atoms with Crippen molar-refractivity contribution in [2.24, 2.45) is 17.8 Å². The number of alkyl halides is 3. The van der Waals surface area contributed by atoms with Gasteiger partial charge in [-0.1, -0.05) is 18.2 Å². The maximum Gasteiger partial charge on any atom is 0.416 e. The number of carbonyl (C=O) groups is 2. The van der Waals surface area contributed by atoms with Gasteiger partial charge in [0, 0.05) is 19.6 Å². The summed E-state index contributed by atoms with van der Waals surface area (Å²) >= 11 is 0. The Morgan fingerprint density at radius 2 is 1.97 bits per heavy atom. The smallest absolute Gasteiger partial charge is 0.416 e. The third-order valence-corrected chi connectivity index (χ3v) is 6.80. The van der Waals surface area contributed by atoms with Gasteiger partial charge in [-0.2, -0.15) is 18.4 Å². The average Bonchev–Trinajstić information content (AvgIpc) is 2.77. The van der Waals surface area contributed by atoms with Gasteiger partial charge in [-0.05, 0) is 55.1 Å². The molecule has 1 saturated heterocycles. The van der Waals surface area contributed by atoms with Crippen LogP contribution in [0.25, 0.3) is 0 Å². The van der Waals surface area contributed by atoms with Gasteiger partial charge >= 0.3 is 18.2 Å². The number of hydrogen-bond acceptors (Lipinski definition) is 5. The van der Waals surface area contributed by atoms with Gasteiger partial charge in [0.25, 0.3) is 0 Å². The first-order chi connectivity index (χ1) is 15.6. The van der Waals surface area contributed by atoms with E-state index in [0.717, 1.165) is 18.9 Å². The highest BCUT2D eigenvalue weighted by Gasteiger charge is 2.44. The number of piperidine rings is 1. The van der Waals surface area contributed by atoms with E-state index in [9.17, 15) is 33.1 Å². The van der Waals surface area contributed by atoms with E-state index in [4.69, 9.17) is 4.74 Å². The number of methoxy groups -OCH3 is 1. The summed E-state index contributed by atoms with van der Waals surface area (Å²) < 4.78 is 44.9. The van der Waals surface area contributed by atoms with Gasteiger partial charge in [-0.25, -0.2) is 9.59 Å². The van der Waals surface area contributed by atoms with Gasteiger partial charge < -0.3 is 9.84 Å². The number of rotatable bonds is 6. The molecular formula is C23H28F3N3O4. The molecule has 10 heteroatoms. The van der Waals surface area contributed by atoms with Gasteiger partial charge in [0.05, 0.1) is 25.3 Å². The number of hydrogen-bond donors (Lipinski definition) is 1. The summed E-state index contributed by atoms with van der Waals surface area (Å²) in [4.78, 5) is 26.8. The van der Waals surface area contributed by atoms with Gasteiger partial charge in [0.1, 0.15) is 6.04 Å². The molecule has 1 aromatic carbocycles. The molecule has 2 aliphatic rings. The first-order valence-corrected chi connectivity index (χ1v) is 11.0. The number of fused-ring (bicyclic) bond motifs is 1. The second-order valence-corrected chi connectivity index (χ2v) is 8.89. The van der Waals surface area contributed by atoms with Crippen molar-refractivity contribution < 1.29 is 32.6 Å². The van der Waals surface area contributed by atoms with E-state index in [-0.39, 0.29) is 36.4 Å². The molecule has 7 nitrogen and oxygen atoms in total. The lowest BCUT2D eigenvalue weighted by atomic mass is 9.69. The molecule has 33 heavy (non-hydrogen) atoms. The standard InChI is InChI=1S/C23H28F3N3O4/c1-33-22(32)29-14-16-7-6-15(10-18(16)11-20(29)21(30)31)12-28(9-8-27)13-17-4-2-3-5-19(17)23(24,25)26/h2-5,15-16,18,20H,6-7,9-14H2,1H3,(H,30,31)/t15?,16-,18?,20?/m0/s1. The third-order valence-electron chi connectivity index (χ3n) is 6.80. The van der Waals surface area contributed by atoms with Crippen molar-refractivity contribution in [2.75, 3.05) is 26.7 Å². The molecule has 3 rings (SSSR count). The van der Waals surface area contributed by atoms with Crippen LogP contribution in [0.2, 0.25) is 0 Å². The second-order valence-electron chi connectivity index (χ2n) is 8.89. The van der Waals surface area contributed by atoms with E-state index in [2.05, 4.69) is 0 Å².